The van der Waals surface area contributed by atoms with E-state index in [1.165, 1.54) is 12.8 Å². The molecule has 1 fully saturated rings. The standard InChI is InChI=1S/C15H14N8/c16-7-11-5-12-8-21(3-4-22(12)19-11)14-6-13(10-1-2-10)20-23-9-17-18-15(14)23/h5-6,9-10H,1-4,8H2. The number of nitriles is 1. The Bertz CT molecular complexity index is 942. The van der Waals surface area contributed by atoms with E-state index in [1.807, 2.05) is 10.7 Å². The zero-order valence-electron chi connectivity index (χ0n) is 12.4. The Morgan fingerprint density at radius 2 is 2.09 bits per heavy atom. The van der Waals surface area contributed by atoms with E-state index in [0.29, 0.717) is 18.2 Å². The van der Waals surface area contributed by atoms with E-state index >= 15 is 0 Å². The number of hydrogen-bond donors (Lipinski definition) is 0. The van der Waals surface area contributed by atoms with Crippen molar-refractivity contribution in [3.05, 3.63) is 35.5 Å². The molecular weight excluding hydrogens is 292 g/mol. The van der Waals surface area contributed by atoms with E-state index in [0.717, 1.165) is 35.8 Å². The van der Waals surface area contributed by atoms with Crippen LogP contribution in [0.4, 0.5) is 5.69 Å². The molecule has 2 aliphatic rings. The summed E-state index contributed by atoms with van der Waals surface area (Å²) in [7, 11) is 0. The van der Waals surface area contributed by atoms with Gasteiger partial charge in [0.1, 0.15) is 12.4 Å². The summed E-state index contributed by atoms with van der Waals surface area (Å²) in [5.41, 5.74) is 4.48. The molecule has 0 unspecified atom stereocenters. The van der Waals surface area contributed by atoms with Gasteiger partial charge in [0.15, 0.2) is 5.69 Å². The molecule has 0 aromatic carbocycles. The fourth-order valence-electron chi connectivity index (χ4n) is 3.17. The quantitative estimate of drug-likeness (QED) is 0.704. The monoisotopic (exact) mass is 306 g/mol. The third-order valence-electron chi connectivity index (χ3n) is 4.52. The van der Waals surface area contributed by atoms with Gasteiger partial charge in [-0.1, -0.05) is 0 Å². The first-order chi connectivity index (χ1) is 11.3. The molecule has 0 amide bonds. The number of aromatic nitrogens is 6. The second-order valence-electron chi connectivity index (χ2n) is 6.11. The minimum atomic E-state index is 0.475. The summed E-state index contributed by atoms with van der Waals surface area (Å²) < 4.78 is 3.69. The van der Waals surface area contributed by atoms with Crippen molar-refractivity contribution in [1.82, 2.24) is 29.6 Å². The SMILES string of the molecule is N#Cc1cc2n(n1)CCN(c1cc(C3CC3)nn3cnnc13)C2. The molecule has 114 valence electrons. The summed E-state index contributed by atoms with van der Waals surface area (Å²) >= 11 is 0. The summed E-state index contributed by atoms with van der Waals surface area (Å²) in [5.74, 6) is 0.570. The molecule has 23 heavy (non-hydrogen) atoms. The van der Waals surface area contributed by atoms with E-state index in [-0.39, 0.29) is 0 Å². The van der Waals surface area contributed by atoms with Crippen LogP contribution < -0.4 is 4.90 Å². The largest absolute Gasteiger partial charge is 0.361 e. The van der Waals surface area contributed by atoms with E-state index < -0.39 is 0 Å². The van der Waals surface area contributed by atoms with Crippen LogP contribution in [-0.2, 0) is 13.1 Å². The molecule has 1 saturated carbocycles. The normalized spacial score (nSPS) is 17.3. The Kier molecular flexibility index (Phi) is 2.47. The summed E-state index contributed by atoms with van der Waals surface area (Å²) in [6, 6.07) is 6.12. The van der Waals surface area contributed by atoms with Crippen molar-refractivity contribution in [1.29, 1.82) is 5.26 Å². The van der Waals surface area contributed by atoms with Crippen molar-refractivity contribution in [2.45, 2.75) is 31.8 Å². The summed E-state index contributed by atoms with van der Waals surface area (Å²) in [5, 5.41) is 26.2. The average Bonchev–Trinajstić information content (AvgIpc) is 3.18. The molecule has 3 aromatic heterocycles. The maximum Gasteiger partial charge on any atom is 0.200 e. The van der Waals surface area contributed by atoms with Crippen LogP contribution in [0.3, 0.4) is 0 Å². The minimum Gasteiger partial charge on any atom is -0.361 e. The molecule has 3 aromatic rings. The van der Waals surface area contributed by atoms with Gasteiger partial charge in [-0.2, -0.15) is 20.0 Å². The summed E-state index contributed by atoms with van der Waals surface area (Å²) in [6.45, 7) is 2.31. The molecule has 0 N–H and O–H groups in total. The van der Waals surface area contributed by atoms with Crippen LogP contribution in [-0.4, -0.2) is 36.1 Å². The molecule has 1 aliphatic carbocycles. The Hall–Kier alpha value is -2.95. The highest BCUT2D eigenvalue weighted by Crippen LogP contribution is 2.40. The van der Waals surface area contributed by atoms with Gasteiger partial charge in [0.2, 0.25) is 5.65 Å². The van der Waals surface area contributed by atoms with Crippen molar-refractivity contribution >= 4 is 11.3 Å². The van der Waals surface area contributed by atoms with Gasteiger partial charge in [0.25, 0.3) is 0 Å². The summed E-state index contributed by atoms with van der Waals surface area (Å²) in [6.07, 6.45) is 4.07. The van der Waals surface area contributed by atoms with E-state index in [2.05, 4.69) is 37.4 Å². The fourth-order valence-corrected chi connectivity index (χ4v) is 3.17. The zero-order valence-corrected chi connectivity index (χ0v) is 12.4. The van der Waals surface area contributed by atoms with Gasteiger partial charge in [0, 0.05) is 12.5 Å². The highest BCUT2D eigenvalue weighted by atomic mass is 15.4. The third kappa shape index (κ3) is 1.97. The first kappa shape index (κ1) is 12.6. The average molecular weight is 306 g/mol. The van der Waals surface area contributed by atoms with Crippen LogP contribution in [0.15, 0.2) is 18.5 Å². The molecule has 5 rings (SSSR count). The third-order valence-corrected chi connectivity index (χ3v) is 4.52. The first-order valence-corrected chi connectivity index (χ1v) is 7.74. The van der Waals surface area contributed by atoms with Crippen LogP contribution in [0.2, 0.25) is 0 Å². The van der Waals surface area contributed by atoms with E-state index in [4.69, 9.17) is 5.26 Å². The number of nitrogens with zero attached hydrogens (tertiary/aromatic N) is 8. The predicted molar refractivity (Wildman–Crippen MR) is 80.7 cm³/mol. The highest BCUT2D eigenvalue weighted by molar-refractivity contribution is 5.68. The van der Waals surface area contributed by atoms with Gasteiger partial charge in [0.05, 0.1) is 30.2 Å². The van der Waals surface area contributed by atoms with Crippen LogP contribution in [0.25, 0.3) is 5.65 Å². The van der Waals surface area contributed by atoms with E-state index in [9.17, 15) is 0 Å². The molecule has 0 saturated heterocycles. The summed E-state index contributed by atoms with van der Waals surface area (Å²) in [4.78, 5) is 2.27. The molecule has 0 radical (unpaired) electrons. The highest BCUT2D eigenvalue weighted by Gasteiger charge is 2.28. The van der Waals surface area contributed by atoms with Gasteiger partial charge in [-0.3, -0.25) is 4.68 Å². The predicted octanol–water partition coefficient (Wildman–Crippen LogP) is 1.09. The molecule has 0 spiro atoms. The van der Waals surface area contributed by atoms with Crippen LogP contribution >= 0.6 is 0 Å². The first-order valence-electron chi connectivity index (χ1n) is 7.74. The van der Waals surface area contributed by atoms with Crippen LogP contribution in [0.5, 0.6) is 0 Å². The topological polar surface area (TPSA) is 87.9 Å². The van der Waals surface area contributed by atoms with Crippen LogP contribution in [0, 0.1) is 11.3 Å². The second-order valence-corrected chi connectivity index (χ2v) is 6.11. The minimum absolute atomic E-state index is 0.475. The molecule has 1 aliphatic heterocycles. The van der Waals surface area contributed by atoms with Gasteiger partial charge in [-0.15, -0.1) is 10.2 Å². The number of hydrogen-bond acceptors (Lipinski definition) is 6. The molecule has 4 heterocycles. The fraction of sp³-hybridized carbons (Fsp3) is 0.400. The number of anilines is 1. The Balaban J connectivity index is 1.58. The zero-order chi connectivity index (χ0) is 15.4. The lowest BCUT2D eigenvalue weighted by atomic mass is 10.2. The lowest BCUT2D eigenvalue weighted by Gasteiger charge is -2.29. The number of fused-ring (bicyclic) bond motifs is 2. The smallest absolute Gasteiger partial charge is 0.200 e. The maximum atomic E-state index is 9.02. The molecular formula is C15H14N8. The Morgan fingerprint density at radius 1 is 1.17 bits per heavy atom. The van der Waals surface area contributed by atoms with Gasteiger partial charge < -0.3 is 4.90 Å². The molecule has 0 bridgehead atoms. The van der Waals surface area contributed by atoms with E-state index in [1.54, 1.807) is 10.8 Å². The van der Waals surface area contributed by atoms with Gasteiger partial charge >= 0.3 is 0 Å². The second kappa shape index (κ2) is 4.52. The number of rotatable bonds is 2. The Labute approximate surface area is 132 Å². The van der Waals surface area contributed by atoms with Crippen LogP contribution in [0.1, 0.15) is 35.8 Å². The molecule has 8 heteroatoms. The van der Waals surface area contributed by atoms with Gasteiger partial charge in [-0.25, -0.2) is 0 Å². The lowest BCUT2D eigenvalue weighted by Crippen LogP contribution is -2.34. The van der Waals surface area contributed by atoms with Crippen molar-refractivity contribution in [3.8, 4) is 6.07 Å². The maximum absolute atomic E-state index is 9.02. The van der Waals surface area contributed by atoms with Crippen molar-refractivity contribution in [2.75, 3.05) is 11.4 Å². The van der Waals surface area contributed by atoms with Crippen molar-refractivity contribution < 1.29 is 0 Å². The molecule has 0 atom stereocenters. The van der Waals surface area contributed by atoms with Crippen molar-refractivity contribution in [2.24, 2.45) is 0 Å². The Morgan fingerprint density at radius 3 is 2.91 bits per heavy atom. The van der Waals surface area contributed by atoms with Gasteiger partial charge in [-0.05, 0) is 25.0 Å². The molecule has 8 nitrogen and oxygen atoms in total. The van der Waals surface area contributed by atoms with Crippen molar-refractivity contribution in [3.63, 3.8) is 0 Å². The lowest BCUT2D eigenvalue weighted by molar-refractivity contribution is 0.519.